The average Bonchev–Trinajstić information content (AvgIpc) is 2.70. The second kappa shape index (κ2) is 7.99. The summed E-state index contributed by atoms with van der Waals surface area (Å²) < 4.78 is 5.54. The fraction of sp³-hybridized carbons (Fsp3) is 0.522. The van der Waals surface area contributed by atoms with Gasteiger partial charge in [0.15, 0.2) is 0 Å². The monoisotopic (exact) mass is 353 g/mol. The van der Waals surface area contributed by atoms with Gasteiger partial charge >= 0.3 is 6.09 Å². The third kappa shape index (κ3) is 5.14. The number of hydrogen-bond donors (Lipinski definition) is 0. The molecule has 0 aromatic rings. The molecule has 0 N–H and O–H groups in total. The van der Waals surface area contributed by atoms with E-state index >= 15 is 0 Å². The van der Waals surface area contributed by atoms with Gasteiger partial charge in [-0.2, -0.15) is 0 Å². The summed E-state index contributed by atoms with van der Waals surface area (Å²) in [5, 5.41) is 0. The highest BCUT2D eigenvalue weighted by atomic mass is 16.6. The van der Waals surface area contributed by atoms with Gasteiger partial charge in [-0.25, -0.2) is 4.79 Å². The predicted molar refractivity (Wildman–Crippen MR) is 108 cm³/mol. The Morgan fingerprint density at radius 3 is 2.77 bits per heavy atom. The predicted octanol–water partition coefficient (Wildman–Crippen LogP) is 5.56. The number of allylic oxidation sites excluding steroid dienone is 7. The lowest BCUT2D eigenvalue weighted by Crippen LogP contribution is -2.46. The van der Waals surface area contributed by atoms with Crippen LogP contribution in [0.25, 0.3) is 0 Å². The van der Waals surface area contributed by atoms with E-state index in [1.54, 1.807) is 4.90 Å². The Labute approximate surface area is 158 Å². The van der Waals surface area contributed by atoms with Gasteiger partial charge in [0.1, 0.15) is 5.60 Å². The maximum absolute atomic E-state index is 12.5. The second-order valence-electron chi connectivity index (χ2n) is 8.28. The summed E-state index contributed by atoms with van der Waals surface area (Å²) in [6.07, 6.45) is 13.0. The normalized spacial score (nSPS) is 20.8. The quantitative estimate of drug-likeness (QED) is 0.578. The molecule has 1 aliphatic carbocycles. The third-order valence-electron chi connectivity index (χ3n) is 4.79. The Balaban J connectivity index is 2.09. The number of likely N-dealkylation sites (tertiary alicyclic amines) is 1. The lowest BCUT2D eigenvalue weighted by atomic mass is 9.95. The van der Waals surface area contributed by atoms with Gasteiger partial charge in [-0.3, -0.25) is 4.90 Å². The molecule has 1 aliphatic heterocycles. The first-order chi connectivity index (χ1) is 12.1. The largest absolute Gasteiger partial charge is 0.444 e. The zero-order valence-electron chi connectivity index (χ0n) is 17.0. The third-order valence-corrected chi connectivity index (χ3v) is 4.79. The van der Waals surface area contributed by atoms with Crippen LogP contribution in [0.4, 0.5) is 4.79 Å². The van der Waals surface area contributed by atoms with Gasteiger partial charge < -0.3 is 4.74 Å². The lowest BCUT2D eigenvalue weighted by molar-refractivity contribution is 0.0160. The molecule has 140 valence electrons. The van der Waals surface area contributed by atoms with E-state index in [4.69, 9.17) is 4.74 Å². The molecule has 0 radical (unpaired) electrons. The van der Waals surface area contributed by atoms with Crippen LogP contribution in [-0.4, -0.2) is 28.7 Å². The van der Waals surface area contributed by atoms with E-state index in [9.17, 15) is 4.79 Å². The fourth-order valence-corrected chi connectivity index (χ4v) is 3.10. The van der Waals surface area contributed by atoms with Crippen molar-refractivity contribution in [1.29, 1.82) is 0 Å². The summed E-state index contributed by atoms with van der Waals surface area (Å²) in [6, 6.07) is 0. The SMILES string of the molecule is CCC1=CC=CC(C#C/C=C2\CCN(C(=O)OC(C)(C)C)C2(C)C)=CC1. The fourth-order valence-electron chi connectivity index (χ4n) is 3.10. The summed E-state index contributed by atoms with van der Waals surface area (Å²) in [5.74, 6) is 6.42. The van der Waals surface area contributed by atoms with Crippen LogP contribution < -0.4 is 0 Å². The first-order valence-corrected chi connectivity index (χ1v) is 9.41. The van der Waals surface area contributed by atoms with Gasteiger partial charge in [0.25, 0.3) is 0 Å². The molecule has 0 unspecified atom stereocenters. The first-order valence-electron chi connectivity index (χ1n) is 9.41. The van der Waals surface area contributed by atoms with Crippen molar-refractivity contribution in [3.8, 4) is 11.8 Å². The molecule has 1 heterocycles. The minimum absolute atomic E-state index is 0.258. The Morgan fingerprint density at radius 1 is 1.38 bits per heavy atom. The molecular weight excluding hydrogens is 322 g/mol. The molecule has 1 saturated heterocycles. The number of rotatable bonds is 1. The summed E-state index contributed by atoms with van der Waals surface area (Å²) in [4.78, 5) is 14.3. The van der Waals surface area contributed by atoms with E-state index in [2.05, 4.69) is 56.9 Å². The molecule has 0 aromatic heterocycles. The van der Waals surface area contributed by atoms with E-state index in [1.165, 1.54) is 11.1 Å². The van der Waals surface area contributed by atoms with Crippen LogP contribution in [0.1, 0.15) is 60.8 Å². The minimum atomic E-state index is -0.483. The highest BCUT2D eigenvalue weighted by molar-refractivity contribution is 5.71. The van der Waals surface area contributed by atoms with Crippen molar-refractivity contribution in [2.75, 3.05) is 6.54 Å². The van der Waals surface area contributed by atoms with Crippen LogP contribution in [-0.2, 0) is 4.74 Å². The molecule has 0 atom stereocenters. The van der Waals surface area contributed by atoms with Gasteiger partial charge in [0.05, 0.1) is 5.54 Å². The van der Waals surface area contributed by atoms with Gasteiger partial charge in [-0.15, -0.1) is 0 Å². The Hall–Kier alpha value is -2.21. The van der Waals surface area contributed by atoms with Crippen LogP contribution in [0.2, 0.25) is 0 Å². The first kappa shape index (κ1) is 20.1. The molecule has 1 amide bonds. The van der Waals surface area contributed by atoms with E-state index in [0.717, 1.165) is 24.8 Å². The molecule has 2 rings (SSSR count). The van der Waals surface area contributed by atoms with Crippen molar-refractivity contribution in [1.82, 2.24) is 4.90 Å². The Kier molecular flexibility index (Phi) is 6.18. The number of carbonyl (C=O) groups excluding carboxylic acids is 1. The van der Waals surface area contributed by atoms with Crippen LogP contribution in [0.5, 0.6) is 0 Å². The van der Waals surface area contributed by atoms with Crippen molar-refractivity contribution in [2.45, 2.75) is 71.9 Å². The number of hydrogen-bond acceptors (Lipinski definition) is 2. The second-order valence-corrected chi connectivity index (χ2v) is 8.28. The van der Waals surface area contributed by atoms with Gasteiger partial charge in [-0.1, -0.05) is 42.6 Å². The number of ether oxygens (including phenoxy) is 1. The smallest absolute Gasteiger partial charge is 0.410 e. The molecule has 2 aliphatic rings. The Bertz CT molecular complexity index is 730. The lowest BCUT2D eigenvalue weighted by Gasteiger charge is -2.34. The van der Waals surface area contributed by atoms with Gasteiger partial charge in [0.2, 0.25) is 0 Å². The molecule has 0 bridgehead atoms. The molecule has 0 aromatic carbocycles. The average molecular weight is 354 g/mol. The Morgan fingerprint density at radius 2 is 2.12 bits per heavy atom. The number of amides is 1. The van der Waals surface area contributed by atoms with Crippen LogP contribution in [0.15, 0.2) is 47.1 Å². The molecule has 3 heteroatoms. The van der Waals surface area contributed by atoms with Crippen molar-refractivity contribution in [3.05, 3.63) is 47.1 Å². The summed E-state index contributed by atoms with van der Waals surface area (Å²) in [7, 11) is 0. The number of nitrogens with zero attached hydrogens (tertiary/aromatic N) is 1. The van der Waals surface area contributed by atoms with E-state index in [-0.39, 0.29) is 11.6 Å². The van der Waals surface area contributed by atoms with Crippen LogP contribution in [0.3, 0.4) is 0 Å². The molecule has 0 saturated carbocycles. The van der Waals surface area contributed by atoms with Crippen molar-refractivity contribution >= 4 is 6.09 Å². The maximum atomic E-state index is 12.5. The topological polar surface area (TPSA) is 29.5 Å². The number of carbonyl (C=O) groups is 1. The zero-order valence-corrected chi connectivity index (χ0v) is 17.0. The molecule has 1 fully saturated rings. The molecule has 3 nitrogen and oxygen atoms in total. The van der Waals surface area contributed by atoms with E-state index in [1.807, 2.05) is 26.8 Å². The standard InChI is InChI=1S/C23H31NO2/c1-7-18-10-8-11-19(15-14-18)12-9-13-20-16-17-24(23(20,5)6)21(25)26-22(2,3)4/h8,10-11,13,15H,7,14,16-17H2,1-6H3/b20-13+. The van der Waals surface area contributed by atoms with E-state index in [0.29, 0.717) is 6.54 Å². The molecular formula is C23H31NO2. The highest BCUT2D eigenvalue weighted by Gasteiger charge is 2.41. The van der Waals surface area contributed by atoms with Crippen molar-refractivity contribution in [2.24, 2.45) is 0 Å². The van der Waals surface area contributed by atoms with Gasteiger partial charge in [0, 0.05) is 12.1 Å². The molecule has 0 spiro atoms. The zero-order chi connectivity index (χ0) is 19.4. The maximum Gasteiger partial charge on any atom is 0.410 e. The van der Waals surface area contributed by atoms with Crippen molar-refractivity contribution < 1.29 is 9.53 Å². The summed E-state index contributed by atoms with van der Waals surface area (Å²) in [6.45, 7) is 12.6. The van der Waals surface area contributed by atoms with Gasteiger partial charge in [-0.05, 0) is 71.6 Å². The van der Waals surface area contributed by atoms with Crippen molar-refractivity contribution in [3.63, 3.8) is 0 Å². The highest BCUT2D eigenvalue weighted by Crippen LogP contribution is 2.34. The van der Waals surface area contributed by atoms with Crippen LogP contribution in [0, 0.1) is 11.8 Å². The summed E-state index contributed by atoms with van der Waals surface area (Å²) in [5.41, 5.74) is 2.77. The molecule has 26 heavy (non-hydrogen) atoms. The van der Waals surface area contributed by atoms with E-state index < -0.39 is 5.60 Å². The minimum Gasteiger partial charge on any atom is -0.444 e. The summed E-state index contributed by atoms with van der Waals surface area (Å²) >= 11 is 0. The van der Waals surface area contributed by atoms with Crippen LogP contribution >= 0.6 is 0 Å².